The minimum Gasteiger partial charge on any atom is -0.417 e. The normalized spacial score (nSPS) is 10.4. The molecule has 0 fully saturated rings. The Morgan fingerprint density at radius 3 is 2.58 bits per heavy atom. The van der Waals surface area contributed by atoms with Crippen molar-refractivity contribution < 1.29 is 17.9 Å². The van der Waals surface area contributed by atoms with Crippen LogP contribution in [0.3, 0.4) is 0 Å². The molecule has 0 saturated heterocycles. The molecule has 0 unspecified atom stereocenters. The van der Waals surface area contributed by atoms with Gasteiger partial charge in [0.1, 0.15) is 3.70 Å². The van der Waals surface area contributed by atoms with E-state index in [1.54, 1.807) is 22.6 Å². The smallest absolute Gasteiger partial charge is 0.388 e. The van der Waals surface area contributed by atoms with E-state index in [2.05, 4.69) is 9.72 Å². The Balaban J connectivity index is 2.82. The Kier molecular flexibility index (Phi) is 3.12. The summed E-state index contributed by atoms with van der Waals surface area (Å²) in [5, 5.41) is 0. The molecule has 1 heterocycles. The topological polar surface area (TPSA) is 22.1 Å². The molecule has 0 N–H and O–H groups in total. The zero-order valence-electron chi connectivity index (χ0n) is 5.60. The monoisotopic (exact) mass is 289 g/mol. The average Bonchev–Trinajstić information content (AvgIpc) is 1.96. The zero-order chi connectivity index (χ0) is 9.14. The lowest BCUT2D eigenvalue weighted by Crippen LogP contribution is -2.04. The highest BCUT2D eigenvalue weighted by Gasteiger charge is 2.07. The van der Waals surface area contributed by atoms with Gasteiger partial charge in [0.2, 0.25) is 5.88 Å². The predicted octanol–water partition coefficient (Wildman–Crippen LogP) is 2.43. The van der Waals surface area contributed by atoms with Crippen LogP contribution in [0.5, 0.6) is 5.88 Å². The van der Waals surface area contributed by atoms with Crippen molar-refractivity contribution in [2.75, 3.05) is 0 Å². The molecular formula is C6H3F3INO. The second-order valence-corrected chi connectivity index (χ2v) is 2.82. The Bertz CT molecular complexity index is 281. The lowest BCUT2D eigenvalue weighted by Gasteiger charge is -2.02. The molecule has 0 saturated carbocycles. The molecule has 0 spiro atoms. The number of halogens is 4. The molecule has 0 aliphatic heterocycles. The predicted molar refractivity (Wildman–Crippen MR) is 43.5 cm³/mol. The average molecular weight is 289 g/mol. The third-order valence-corrected chi connectivity index (χ3v) is 1.74. The summed E-state index contributed by atoms with van der Waals surface area (Å²) in [5.41, 5.74) is 0. The Morgan fingerprint density at radius 2 is 2.08 bits per heavy atom. The molecule has 0 amide bonds. The van der Waals surface area contributed by atoms with Gasteiger partial charge in [0.25, 0.3) is 0 Å². The summed E-state index contributed by atoms with van der Waals surface area (Å²) >= 11 is 1.59. The van der Waals surface area contributed by atoms with Crippen molar-refractivity contribution in [3.63, 3.8) is 0 Å². The highest BCUT2D eigenvalue weighted by atomic mass is 127. The van der Waals surface area contributed by atoms with Crippen molar-refractivity contribution in [1.82, 2.24) is 4.98 Å². The molecule has 1 aromatic heterocycles. The molecular weight excluding hydrogens is 286 g/mol. The number of rotatable bonds is 2. The van der Waals surface area contributed by atoms with Gasteiger partial charge in [-0.1, -0.05) is 0 Å². The SMILES string of the molecule is Fc1ccc(OC(F)F)nc1I. The zero-order valence-corrected chi connectivity index (χ0v) is 7.76. The van der Waals surface area contributed by atoms with Gasteiger partial charge in [-0.2, -0.15) is 8.78 Å². The first-order valence-corrected chi connectivity index (χ1v) is 3.94. The van der Waals surface area contributed by atoms with Crippen LogP contribution in [0, 0.1) is 9.52 Å². The Morgan fingerprint density at radius 1 is 1.42 bits per heavy atom. The summed E-state index contributed by atoms with van der Waals surface area (Å²) in [5.74, 6) is -0.840. The van der Waals surface area contributed by atoms with Crippen LogP contribution in [0.1, 0.15) is 0 Å². The van der Waals surface area contributed by atoms with E-state index in [0.29, 0.717) is 0 Å². The molecule has 0 aromatic carbocycles. The van der Waals surface area contributed by atoms with Gasteiger partial charge in [-0.15, -0.1) is 0 Å². The van der Waals surface area contributed by atoms with Crippen molar-refractivity contribution in [2.24, 2.45) is 0 Å². The molecule has 1 aromatic rings. The third kappa shape index (κ3) is 2.50. The van der Waals surface area contributed by atoms with Crippen LogP contribution in [0.15, 0.2) is 12.1 Å². The summed E-state index contributed by atoms with van der Waals surface area (Å²) in [6.45, 7) is -2.93. The summed E-state index contributed by atoms with van der Waals surface area (Å²) < 4.78 is 39.7. The molecule has 0 atom stereocenters. The number of hydrogen-bond acceptors (Lipinski definition) is 2. The van der Waals surface area contributed by atoms with Crippen LogP contribution in [0.4, 0.5) is 13.2 Å². The van der Waals surface area contributed by atoms with Gasteiger partial charge in [0.15, 0.2) is 5.82 Å². The molecule has 0 aliphatic carbocycles. The van der Waals surface area contributed by atoms with Crippen LogP contribution in [-0.4, -0.2) is 11.6 Å². The van der Waals surface area contributed by atoms with E-state index in [9.17, 15) is 13.2 Å². The Hall–Kier alpha value is -0.530. The lowest BCUT2D eigenvalue weighted by molar-refractivity contribution is -0.0530. The van der Waals surface area contributed by atoms with Gasteiger partial charge in [-0.3, -0.25) is 0 Å². The quantitative estimate of drug-likeness (QED) is 0.616. The largest absolute Gasteiger partial charge is 0.417 e. The Labute approximate surface area is 79.9 Å². The fraction of sp³-hybridized carbons (Fsp3) is 0.167. The maximum Gasteiger partial charge on any atom is 0.388 e. The van der Waals surface area contributed by atoms with E-state index >= 15 is 0 Å². The second-order valence-electron chi connectivity index (χ2n) is 1.80. The molecule has 66 valence electrons. The van der Waals surface area contributed by atoms with E-state index in [1.165, 1.54) is 0 Å². The second kappa shape index (κ2) is 3.92. The number of hydrogen-bond donors (Lipinski definition) is 0. The maximum absolute atomic E-state index is 12.5. The van der Waals surface area contributed by atoms with Crippen LogP contribution in [-0.2, 0) is 0 Å². The van der Waals surface area contributed by atoms with E-state index < -0.39 is 12.4 Å². The molecule has 0 radical (unpaired) electrons. The van der Waals surface area contributed by atoms with Gasteiger partial charge >= 0.3 is 6.61 Å². The van der Waals surface area contributed by atoms with Gasteiger partial charge in [0.05, 0.1) is 0 Å². The van der Waals surface area contributed by atoms with Gasteiger partial charge in [-0.05, 0) is 28.7 Å². The first-order valence-electron chi connectivity index (χ1n) is 2.86. The molecule has 1 rings (SSSR count). The van der Waals surface area contributed by atoms with Gasteiger partial charge < -0.3 is 4.74 Å². The first-order chi connectivity index (χ1) is 5.59. The first kappa shape index (κ1) is 9.56. The number of aromatic nitrogens is 1. The fourth-order valence-electron chi connectivity index (χ4n) is 0.558. The highest BCUT2D eigenvalue weighted by molar-refractivity contribution is 14.1. The molecule has 0 aliphatic rings. The summed E-state index contributed by atoms with van der Waals surface area (Å²) in [6, 6.07) is 2.07. The van der Waals surface area contributed by atoms with Crippen molar-refractivity contribution in [2.45, 2.75) is 6.61 Å². The molecule has 2 nitrogen and oxygen atoms in total. The van der Waals surface area contributed by atoms with Crippen LogP contribution >= 0.6 is 22.6 Å². The number of alkyl halides is 2. The minimum absolute atomic E-state index is 0.00532. The molecule has 0 bridgehead atoms. The highest BCUT2D eigenvalue weighted by Crippen LogP contribution is 2.15. The fourth-order valence-corrected chi connectivity index (χ4v) is 0.975. The van der Waals surface area contributed by atoms with E-state index in [-0.39, 0.29) is 9.58 Å². The number of nitrogens with zero attached hydrogens (tertiary/aromatic N) is 1. The standard InChI is InChI=1S/C6H3F3INO/c7-3-1-2-4(11-5(3)10)12-6(8)9/h1-2,6H. The van der Waals surface area contributed by atoms with Crippen molar-refractivity contribution in [3.05, 3.63) is 21.7 Å². The van der Waals surface area contributed by atoms with Crippen molar-refractivity contribution >= 4 is 22.6 Å². The van der Waals surface area contributed by atoms with Crippen LogP contribution < -0.4 is 4.74 Å². The summed E-state index contributed by atoms with van der Waals surface area (Å²) in [4.78, 5) is 3.42. The van der Waals surface area contributed by atoms with Gasteiger partial charge in [0, 0.05) is 6.07 Å². The van der Waals surface area contributed by atoms with Gasteiger partial charge in [-0.25, -0.2) is 9.37 Å². The number of ether oxygens (including phenoxy) is 1. The summed E-state index contributed by atoms with van der Waals surface area (Å²) in [7, 11) is 0. The number of pyridine rings is 1. The van der Waals surface area contributed by atoms with Crippen LogP contribution in [0.2, 0.25) is 0 Å². The van der Waals surface area contributed by atoms with E-state index in [1.807, 2.05) is 0 Å². The molecule has 12 heavy (non-hydrogen) atoms. The van der Waals surface area contributed by atoms with E-state index in [0.717, 1.165) is 12.1 Å². The lowest BCUT2D eigenvalue weighted by atomic mass is 10.5. The van der Waals surface area contributed by atoms with Crippen molar-refractivity contribution in [1.29, 1.82) is 0 Å². The maximum atomic E-state index is 12.5. The van der Waals surface area contributed by atoms with E-state index in [4.69, 9.17) is 0 Å². The summed E-state index contributed by atoms with van der Waals surface area (Å²) in [6.07, 6.45) is 0. The molecule has 6 heteroatoms. The third-order valence-electron chi connectivity index (χ3n) is 0.987. The van der Waals surface area contributed by atoms with Crippen LogP contribution in [0.25, 0.3) is 0 Å². The van der Waals surface area contributed by atoms with Crippen molar-refractivity contribution in [3.8, 4) is 5.88 Å². The minimum atomic E-state index is -2.93.